The lowest BCUT2D eigenvalue weighted by molar-refractivity contribution is 0.410. The van der Waals surface area contributed by atoms with E-state index in [2.05, 4.69) is 17.4 Å². The molecule has 0 saturated heterocycles. The van der Waals surface area contributed by atoms with Crippen molar-refractivity contribution in [2.24, 2.45) is 0 Å². The van der Waals surface area contributed by atoms with Gasteiger partial charge in [0.15, 0.2) is 0 Å². The molecule has 0 aliphatic heterocycles. The SMILES string of the molecule is COc1cc2c(-c3ccccc3)c(C)oc2cc1CNc1ccccc1F. The van der Waals surface area contributed by atoms with Crippen LogP contribution in [-0.4, -0.2) is 7.11 Å². The molecule has 0 radical (unpaired) electrons. The van der Waals surface area contributed by atoms with Gasteiger partial charge in [0.05, 0.1) is 12.8 Å². The molecule has 0 saturated carbocycles. The van der Waals surface area contributed by atoms with Crippen LogP contribution in [0.2, 0.25) is 0 Å². The predicted molar refractivity (Wildman–Crippen MR) is 107 cm³/mol. The molecule has 3 aromatic carbocycles. The number of fused-ring (bicyclic) bond motifs is 1. The second-order valence-corrected chi connectivity index (χ2v) is 6.39. The van der Waals surface area contributed by atoms with Crippen LogP contribution in [0, 0.1) is 12.7 Å². The molecule has 1 heterocycles. The summed E-state index contributed by atoms with van der Waals surface area (Å²) >= 11 is 0. The summed E-state index contributed by atoms with van der Waals surface area (Å²) in [5.41, 5.74) is 4.32. The monoisotopic (exact) mass is 361 g/mol. The number of anilines is 1. The highest BCUT2D eigenvalue weighted by atomic mass is 19.1. The molecule has 4 aromatic rings. The molecule has 0 aliphatic carbocycles. The van der Waals surface area contributed by atoms with E-state index in [1.165, 1.54) is 6.07 Å². The van der Waals surface area contributed by atoms with Gasteiger partial charge in [-0.25, -0.2) is 4.39 Å². The molecule has 4 rings (SSSR count). The van der Waals surface area contributed by atoms with Crippen molar-refractivity contribution in [1.82, 2.24) is 0 Å². The number of rotatable bonds is 5. The van der Waals surface area contributed by atoms with E-state index in [0.29, 0.717) is 12.2 Å². The van der Waals surface area contributed by atoms with Crippen LogP contribution in [0.5, 0.6) is 5.75 Å². The molecule has 1 aromatic heterocycles. The number of halogens is 1. The smallest absolute Gasteiger partial charge is 0.146 e. The topological polar surface area (TPSA) is 34.4 Å². The highest BCUT2D eigenvalue weighted by Gasteiger charge is 2.16. The Bertz CT molecular complexity index is 1090. The fourth-order valence-electron chi connectivity index (χ4n) is 3.37. The lowest BCUT2D eigenvalue weighted by Gasteiger charge is -2.12. The molecule has 0 fully saturated rings. The van der Waals surface area contributed by atoms with Gasteiger partial charge in [-0.3, -0.25) is 0 Å². The highest BCUT2D eigenvalue weighted by Crippen LogP contribution is 2.38. The lowest BCUT2D eigenvalue weighted by Crippen LogP contribution is -2.03. The van der Waals surface area contributed by atoms with Gasteiger partial charge in [0, 0.05) is 23.1 Å². The number of ether oxygens (including phenoxy) is 1. The van der Waals surface area contributed by atoms with Gasteiger partial charge in [0.1, 0.15) is 22.9 Å². The minimum atomic E-state index is -0.280. The van der Waals surface area contributed by atoms with E-state index in [1.807, 2.05) is 37.3 Å². The summed E-state index contributed by atoms with van der Waals surface area (Å²) in [4.78, 5) is 0. The second-order valence-electron chi connectivity index (χ2n) is 6.39. The van der Waals surface area contributed by atoms with E-state index in [9.17, 15) is 4.39 Å². The standard InChI is InChI=1S/C23H20FNO2/c1-15-23(16-8-4-3-5-9-16)18-13-21(26-2)17(12-22(18)27-15)14-25-20-11-7-6-10-19(20)24/h3-13,25H,14H2,1-2H3. The molecule has 3 nitrogen and oxygen atoms in total. The van der Waals surface area contributed by atoms with Crippen molar-refractivity contribution in [3.05, 3.63) is 83.9 Å². The summed E-state index contributed by atoms with van der Waals surface area (Å²) in [6, 6.07) is 20.7. The first-order valence-electron chi connectivity index (χ1n) is 8.81. The molecule has 0 amide bonds. The third-order valence-corrected chi connectivity index (χ3v) is 4.67. The maximum Gasteiger partial charge on any atom is 0.146 e. The van der Waals surface area contributed by atoms with Crippen molar-refractivity contribution in [3.63, 3.8) is 0 Å². The Morgan fingerprint density at radius 1 is 1.00 bits per heavy atom. The molecular weight excluding hydrogens is 341 g/mol. The van der Waals surface area contributed by atoms with Gasteiger partial charge in [-0.15, -0.1) is 0 Å². The number of benzene rings is 3. The van der Waals surface area contributed by atoms with E-state index >= 15 is 0 Å². The Morgan fingerprint density at radius 3 is 2.48 bits per heavy atom. The maximum absolute atomic E-state index is 13.9. The summed E-state index contributed by atoms with van der Waals surface area (Å²) in [6.45, 7) is 2.40. The average molecular weight is 361 g/mol. The van der Waals surface area contributed by atoms with E-state index in [4.69, 9.17) is 9.15 Å². The zero-order chi connectivity index (χ0) is 18.8. The molecule has 27 heavy (non-hydrogen) atoms. The fourth-order valence-corrected chi connectivity index (χ4v) is 3.37. The van der Waals surface area contributed by atoms with Crippen molar-refractivity contribution in [2.75, 3.05) is 12.4 Å². The lowest BCUT2D eigenvalue weighted by atomic mass is 10.0. The number of furan rings is 1. The summed E-state index contributed by atoms with van der Waals surface area (Å²) < 4.78 is 25.5. The minimum Gasteiger partial charge on any atom is -0.496 e. The molecule has 136 valence electrons. The van der Waals surface area contributed by atoms with Crippen LogP contribution >= 0.6 is 0 Å². The molecule has 0 spiro atoms. The van der Waals surface area contributed by atoms with Crippen LogP contribution in [0.15, 0.2) is 71.1 Å². The number of hydrogen-bond acceptors (Lipinski definition) is 3. The number of para-hydroxylation sites is 1. The van der Waals surface area contributed by atoms with Gasteiger partial charge in [-0.05, 0) is 36.8 Å². The normalized spacial score (nSPS) is 10.9. The highest BCUT2D eigenvalue weighted by molar-refractivity contribution is 5.97. The number of nitrogens with one attached hydrogen (secondary N) is 1. The number of methoxy groups -OCH3 is 1. The first kappa shape index (κ1) is 17.2. The molecule has 1 N–H and O–H groups in total. The molecule has 0 unspecified atom stereocenters. The fraction of sp³-hybridized carbons (Fsp3) is 0.130. The maximum atomic E-state index is 13.9. The van der Waals surface area contributed by atoms with Gasteiger partial charge in [-0.1, -0.05) is 42.5 Å². The van der Waals surface area contributed by atoms with Gasteiger partial charge in [0.25, 0.3) is 0 Å². The van der Waals surface area contributed by atoms with E-state index in [-0.39, 0.29) is 5.82 Å². The quantitative estimate of drug-likeness (QED) is 0.462. The third kappa shape index (κ3) is 3.26. The first-order chi connectivity index (χ1) is 13.2. The van der Waals surface area contributed by atoms with Gasteiger partial charge in [0.2, 0.25) is 0 Å². The van der Waals surface area contributed by atoms with Crippen LogP contribution in [0.25, 0.3) is 22.1 Å². The van der Waals surface area contributed by atoms with Gasteiger partial charge >= 0.3 is 0 Å². The van der Waals surface area contributed by atoms with Crippen LogP contribution in [0.4, 0.5) is 10.1 Å². The van der Waals surface area contributed by atoms with Crippen LogP contribution < -0.4 is 10.1 Å². The molecule has 0 atom stereocenters. The molecular formula is C23H20FNO2. The average Bonchev–Trinajstić information content (AvgIpc) is 3.01. The summed E-state index contributed by atoms with van der Waals surface area (Å²) in [5.74, 6) is 1.32. The van der Waals surface area contributed by atoms with Crippen LogP contribution in [0.1, 0.15) is 11.3 Å². The molecule has 4 heteroatoms. The Morgan fingerprint density at radius 2 is 1.74 bits per heavy atom. The van der Waals surface area contributed by atoms with Crippen molar-refractivity contribution in [1.29, 1.82) is 0 Å². The largest absolute Gasteiger partial charge is 0.496 e. The Hall–Kier alpha value is -3.27. The van der Waals surface area contributed by atoms with E-state index in [0.717, 1.165) is 39.2 Å². The Labute approximate surface area is 157 Å². The number of aryl methyl sites for hydroxylation is 1. The zero-order valence-corrected chi connectivity index (χ0v) is 15.3. The van der Waals surface area contributed by atoms with Crippen molar-refractivity contribution in [2.45, 2.75) is 13.5 Å². The zero-order valence-electron chi connectivity index (χ0n) is 15.3. The number of hydrogen-bond donors (Lipinski definition) is 1. The Kier molecular flexibility index (Phi) is 4.55. The summed E-state index contributed by atoms with van der Waals surface area (Å²) in [6.07, 6.45) is 0. The minimum absolute atomic E-state index is 0.280. The Balaban J connectivity index is 1.74. The predicted octanol–water partition coefficient (Wildman–Crippen LogP) is 6.17. The second kappa shape index (κ2) is 7.16. The van der Waals surface area contributed by atoms with Crippen molar-refractivity contribution in [3.8, 4) is 16.9 Å². The third-order valence-electron chi connectivity index (χ3n) is 4.67. The van der Waals surface area contributed by atoms with Crippen molar-refractivity contribution < 1.29 is 13.5 Å². The van der Waals surface area contributed by atoms with E-state index < -0.39 is 0 Å². The van der Waals surface area contributed by atoms with Gasteiger partial charge in [-0.2, -0.15) is 0 Å². The molecule has 0 aliphatic rings. The van der Waals surface area contributed by atoms with Crippen LogP contribution in [-0.2, 0) is 6.54 Å². The van der Waals surface area contributed by atoms with Crippen molar-refractivity contribution >= 4 is 16.7 Å². The van der Waals surface area contributed by atoms with E-state index in [1.54, 1.807) is 25.3 Å². The summed E-state index contributed by atoms with van der Waals surface area (Å²) in [7, 11) is 1.64. The van der Waals surface area contributed by atoms with Crippen LogP contribution in [0.3, 0.4) is 0 Å². The summed E-state index contributed by atoms with van der Waals surface area (Å²) in [5, 5.41) is 4.13. The van der Waals surface area contributed by atoms with Gasteiger partial charge < -0.3 is 14.5 Å². The molecule has 0 bridgehead atoms. The first-order valence-corrected chi connectivity index (χ1v) is 8.81.